The molecule has 3 rings (SSSR count). The first kappa shape index (κ1) is 23.8. The van der Waals surface area contributed by atoms with Gasteiger partial charge in [0.1, 0.15) is 0 Å². The summed E-state index contributed by atoms with van der Waals surface area (Å²) in [5.41, 5.74) is 3.96. The predicted molar refractivity (Wildman–Crippen MR) is 123 cm³/mol. The lowest BCUT2D eigenvalue weighted by Gasteiger charge is -2.34. The third-order valence-electron chi connectivity index (χ3n) is 5.10. The van der Waals surface area contributed by atoms with Gasteiger partial charge in [-0.25, -0.2) is 0 Å². The van der Waals surface area contributed by atoms with Gasteiger partial charge >= 0.3 is 0 Å². The van der Waals surface area contributed by atoms with Crippen LogP contribution in [0.2, 0.25) is 0 Å². The number of piperidine rings is 1. The third-order valence-corrected chi connectivity index (χ3v) is 5.10. The molecule has 0 saturated carbocycles. The fourth-order valence-electron chi connectivity index (χ4n) is 3.59. The van der Waals surface area contributed by atoms with Crippen LogP contribution in [-0.4, -0.2) is 39.3 Å². The Morgan fingerprint density at radius 3 is 2.22 bits per heavy atom. The maximum atomic E-state index is 3.74. The predicted octanol–water partition coefficient (Wildman–Crippen LogP) is 4.76. The number of hydrogen-bond donors (Lipinski definition) is 2. The van der Waals surface area contributed by atoms with Crippen LogP contribution in [0.4, 0.5) is 5.69 Å². The molecular weight excluding hydrogens is 377 g/mol. The molecule has 0 aliphatic carbocycles. The highest BCUT2D eigenvalue weighted by Gasteiger charge is 2.19. The average Bonchev–Trinajstić information content (AvgIpc) is 2.69. The Morgan fingerprint density at radius 1 is 0.852 bits per heavy atom. The largest absolute Gasteiger partial charge is 0.371 e. The highest BCUT2D eigenvalue weighted by atomic mass is 35.5. The van der Waals surface area contributed by atoms with Crippen molar-refractivity contribution in [1.29, 1.82) is 0 Å². The Labute approximate surface area is 176 Å². The van der Waals surface area contributed by atoms with Gasteiger partial charge in [0.25, 0.3) is 0 Å². The second-order valence-electron chi connectivity index (χ2n) is 6.94. The average molecular weight is 410 g/mol. The van der Waals surface area contributed by atoms with Crippen LogP contribution in [-0.2, 0) is 0 Å². The van der Waals surface area contributed by atoms with Crippen molar-refractivity contribution in [3.05, 3.63) is 54.6 Å². The number of halogens is 2. The van der Waals surface area contributed by atoms with E-state index in [-0.39, 0.29) is 24.8 Å². The lowest BCUT2D eigenvalue weighted by Crippen LogP contribution is -2.42. The van der Waals surface area contributed by atoms with Crippen molar-refractivity contribution < 1.29 is 0 Å². The molecule has 3 nitrogen and oxygen atoms in total. The molecule has 0 atom stereocenters. The second-order valence-corrected chi connectivity index (χ2v) is 6.94. The first-order valence-electron chi connectivity index (χ1n) is 9.65. The van der Waals surface area contributed by atoms with Gasteiger partial charge < -0.3 is 15.5 Å². The Bertz CT molecular complexity index is 628. The van der Waals surface area contributed by atoms with Crippen LogP contribution < -0.4 is 15.5 Å². The molecule has 1 saturated heterocycles. The minimum absolute atomic E-state index is 0. The van der Waals surface area contributed by atoms with Crippen LogP contribution in [0.25, 0.3) is 11.1 Å². The number of nitrogens with zero attached hydrogens (tertiary/aromatic N) is 1. The first-order chi connectivity index (χ1) is 12.4. The van der Waals surface area contributed by atoms with Crippen molar-refractivity contribution in [2.45, 2.75) is 31.7 Å². The molecule has 0 aromatic heterocycles. The number of benzene rings is 2. The van der Waals surface area contributed by atoms with Crippen LogP contribution in [0.5, 0.6) is 0 Å². The lowest BCUT2D eigenvalue weighted by molar-refractivity contribution is 0.410. The topological polar surface area (TPSA) is 27.3 Å². The summed E-state index contributed by atoms with van der Waals surface area (Å²) in [6, 6.07) is 20.3. The van der Waals surface area contributed by atoms with E-state index in [4.69, 9.17) is 0 Å². The summed E-state index contributed by atoms with van der Waals surface area (Å²) in [6.07, 6.45) is 5.00. The molecule has 1 fully saturated rings. The van der Waals surface area contributed by atoms with Gasteiger partial charge in [-0.2, -0.15) is 0 Å². The number of anilines is 1. The van der Waals surface area contributed by atoms with Crippen molar-refractivity contribution in [2.75, 3.05) is 38.1 Å². The monoisotopic (exact) mass is 409 g/mol. The Kier molecular flexibility index (Phi) is 11.5. The van der Waals surface area contributed by atoms with Gasteiger partial charge in [-0.15, -0.1) is 24.8 Å². The first-order valence-corrected chi connectivity index (χ1v) is 9.65. The van der Waals surface area contributed by atoms with Gasteiger partial charge in [0, 0.05) is 24.8 Å². The Morgan fingerprint density at radius 2 is 1.52 bits per heavy atom. The maximum Gasteiger partial charge on any atom is 0.0372 e. The van der Waals surface area contributed by atoms with Crippen LogP contribution >= 0.6 is 24.8 Å². The molecule has 1 aliphatic rings. The molecule has 2 aromatic carbocycles. The van der Waals surface area contributed by atoms with E-state index in [0.717, 1.165) is 26.2 Å². The van der Waals surface area contributed by atoms with E-state index in [0.29, 0.717) is 6.04 Å². The van der Waals surface area contributed by atoms with E-state index in [9.17, 15) is 0 Å². The number of nitrogens with one attached hydrogen (secondary N) is 2. The number of hydrogen-bond acceptors (Lipinski definition) is 3. The zero-order valence-corrected chi connectivity index (χ0v) is 17.8. The minimum Gasteiger partial charge on any atom is -0.371 e. The maximum absolute atomic E-state index is 3.74. The normalized spacial score (nSPS) is 14.3. The van der Waals surface area contributed by atoms with Gasteiger partial charge in [0.15, 0.2) is 0 Å². The number of rotatable bonds is 8. The van der Waals surface area contributed by atoms with Crippen molar-refractivity contribution >= 4 is 30.5 Å². The molecule has 2 aromatic rings. The summed E-state index contributed by atoms with van der Waals surface area (Å²) in [4.78, 5) is 2.53. The second kappa shape index (κ2) is 13.0. The summed E-state index contributed by atoms with van der Waals surface area (Å²) in [5.74, 6) is 0. The molecule has 1 heterocycles. The van der Waals surface area contributed by atoms with Crippen LogP contribution in [0, 0.1) is 0 Å². The summed E-state index contributed by atoms with van der Waals surface area (Å²) < 4.78 is 0. The fourth-order valence-corrected chi connectivity index (χ4v) is 3.59. The van der Waals surface area contributed by atoms with Crippen molar-refractivity contribution in [3.8, 4) is 11.1 Å². The lowest BCUT2D eigenvalue weighted by atomic mass is 10.0. The Balaban J connectivity index is 0.00000182. The SMILES string of the molecule is CNCCCCNC1CCN(c2cccc(-c3ccccc3)c2)CC1.Cl.Cl. The van der Waals surface area contributed by atoms with Crippen LogP contribution in [0.1, 0.15) is 25.7 Å². The highest BCUT2D eigenvalue weighted by molar-refractivity contribution is 5.85. The van der Waals surface area contributed by atoms with E-state index < -0.39 is 0 Å². The van der Waals surface area contributed by atoms with Crippen molar-refractivity contribution in [1.82, 2.24) is 10.6 Å². The van der Waals surface area contributed by atoms with Gasteiger partial charge in [-0.1, -0.05) is 42.5 Å². The molecule has 0 bridgehead atoms. The molecule has 0 radical (unpaired) electrons. The summed E-state index contributed by atoms with van der Waals surface area (Å²) in [7, 11) is 2.02. The van der Waals surface area contributed by atoms with E-state index in [1.54, 1.807) is 0 Å². The van der Waals surface area contributed by atoms with Crippen molar-refractivity contribution in [3.63, 3.8) is 0 Å². The fraction of sp³-hybridized carbons (Fsp3) is 0.455. The van der Waals surface area contributed by atoms with Gasteiger partial charge in [-0.05, 0) is 69.1 Å². The van der Waals surface area contributed by atoms with Gasteiger partial charge in [-0.3, -0.25) is 0 Å². The summed E-state index contributed by atoms with van der Waals surface area (Å²) >= 11 is 0. The zero-order chi connectivity index (χ0) is 17.3. The molecule has 0 spiro atoms. The van der Waals surface area contributed by atoms with E-state index in [1.165, 1.54) is 42.5 Å². The Hall–Kier alpha value is -1.26. The molecule has 0 amide bonds. The van der Waals surface area contributed by atoms with E-state index in [2.05, 4.69) is 70.1 Å². The van der Waals surface area contributed by atoms with Crippen LogP contribution in [0.3, 0.4) is 0 Å². The van der Waals surface area contributed by atoms with E-state index >= 15 is 0 Å². The van der Waals surface area contributed by atoms with Gasteiger partial charge in [0.2, 0.25) is 0 Å². The summed E-state index contributed by atoms with van der Waals surface area (Å²) in [5, 5.41) is 6.95. The molecule has 1 aliphatic heterocycles. The third kappa shape index (κ3) is 7.34. The van der Waals surface area contributed by atoms with Crippen molar-refractivity contribution in [2.24, 2.45) is 0 Å². The quantitative estimate of drug-likeness (QED) is 0.615. The van der Waals surface area contributed by atoms with Gasteiger partial charge in [0.05, 0.1) is 0 Å². The molecule has 150 valence electrons. The molecule has 5 heteroatoms. The standard InChI is InChI=1S/C22H31N3.2ClH/c1-23-14-5-6-15-24-21-12-16-25(17-13-21)22-11-7-10-20(18-22)19-8-3-2-4-9-19;;/h2-4,7-11,18,21,23-24H,5-6,12-17H2,1H3;2*1H. The molecule has 0 unspecified atom stereocenters. The molecule has 27 heavy (non-hydrogen) atoms. The highest BCUT2D eigenvalue weighted by Crippen LogP contribution is 2.26. The molecule has 2 N–H and O–H groups in total. The molecular formula is C22H33Cl2N3. The zero-order valence-electron chi connectivity index (χ0n) is 16.2. The number of unbranched alkanes of at least 4 members (excludes halogenated alkanes) is 1. The van der Waals surface area contributed by atoms with E-state index in [1.807, 2.05) is 7.05 Å². The van der Waals surface area contributed by atoms with Crippen LogP contribution in [0.15, 0.2) is 54.6 Å². The summed E-state index contributed by atoms with van der Waals surface area (Å²) in [6.45, 7) is 4.56. The minimum atomic E-state index is 0. The smallest absolute Gasteiger partial charge is 0.0372 e.